The van der Waals surface area contributed by atoms with Gasteiger partial charge in [0.1, 0.15) is 0 Å². The Bertz CT molecular complexity index is 128. The van der Waals surface area contributed by atoms with Crippen molar-refractivity contribution >= 4 is 8.07 Å². The molecule has 1 saturated heterocycles. The first-order valence-electron chi connectivity index (χ1n) is 4.81. The summed E-state index contributed by atoms with van der Waals surface area (Å²) < 4.78 is 0. The molecule has 0 amide bonds. The van der Waals surface area contributed by atoms with Gasteiger partial charge in [-0.1, -0.05) is 39.4 Å². The first kappa shape index (κ1) is 9.27. The van der Waals surface area contributed by atoms with E-state index in [1.807, 2.05) is 0 Å². The highest BCUT2D eigenvalue weighted by Gasteiger charge is 2.44. The summed E-state index contributed by atoms with van der Waals surface area (Å²) >= 11 is 0. The lowest BCUT2D eigenvalue weighted by Crippen LogP contribution is -2.31. The Morgan fingerprint density at radius 3 is 2.27 bits per heavy atom. The summed E-state index contributed by atoms with van der Waals surface area (Å²) in [4.78, 5) is 0. The molecule has 1 aliphatic rings. The highest BCUT2D eigenvalue weighted by Crippen LogP contribution is 2.26. The van der Waals surface area contributed by atoms with Crippen molar-refractivity contribution in [3.05, 3.63) is 0 Å². The predicted octanol–water partition coefficient (Wildman–Crippen LogP) is 2.39. The number of nitrogens with one attached hydrogen (secondary N) is 1. The van der Waals surface area contributed by atoms with Gasteiger partial charge in [0, 0.05) is 11.7 Å². The molecule has 0 aromatic carbocycles. The molecule has 0 bridgehead atoms. The Hall–Kier alpha value is 0.177. The minimum Gasteiger partial charge on any atom is -0.311 e. The van der Waals surface area contributed by atoms with Gasteiger partial charge in [-0.25, -0.2) is 0 Å². The van der Waals surface area contributed by atoms with Gasteiger partial charge in [0.25, 0.3) is 0 Å². The van der Waals surface area contributed by atoms with Crippen LogP contribution in [0.3, 0.4) is 0 Å². The first-order chi connectivity index (χ1) is 5.05. The molecule has 0 aromatic heterocycles. The van der Waals surface area contributed by atoms with Crippen molar-refractivity contribution in [3.63, 3.8) is 0 Å². The summed E-state index contributed by atoms with van der Waals surface area (Å²) in [5, 5.41) is 3.61. The zero-order valence-corrected chi connectivity index (χ0v) is 9.28. The highest BCUT2D eigenvalue weighted by molar-refractivity contribution is 6.78. The summed E-state index contributed by atoms with van der Waals surface area (Å²) in [6, 6.07) is 0.890. The SMILES string of the molecule is CCCC[C@@H]1N[C@H]1[Si](C)(C)C. The highest BCUT2D eigenvalue weighted by atomic mass is 28.3. The van der Waals surface area contributed by atoms with E-state index in [2.05, 4.69) is 31.9 Å². The molecule has 0 saturated carbocycles. The van der Waals surface area contributed by atoms with E-state index in [-0.39, 0.29) is 0 Å². The van der Waals surface area contributed by atoms with Gasteiger partial charge in [-0.05, 0) is 6.42 Å². The Morgan fingerprint density at radius 1 is 1.27 bits per heavy atom. The molecule has 0 aliphatic carbocycles. The second kappa shape index (κ2) is 3.28. The van der Waals surface area contributed by atoms with E-state index in [0.717, 1.165) is 11.7 Å². The van der Waals surface area contributed by atoms with E-state index < -0.39 is 8.07 Å². The number of hydrogen-bond donors (Lipinski definition) is 1. The molecular formula is C9H21NSi. The van der Waals surface area contributed by atoms with Crippen molar-refractivity contribution in [1.82, 2.24) is 5.32 Å². The molecular weight excluding hydrogens is 150 g/mol. The molecule has 0 radical (unpaired) electrons. The van der Waals surface area contributed by atoms with Gasteiger partial charge in [-0.3, -0.25) is 0 Å². The van der Waals surface area contributed by atoms with Crippen LogP contribution in [0.5, 0.6) is 0 Å². The number of rotatable bonds is 4. The maximum Gasteiger partial charge on any atom is 0.0655 e. The first-order valence-corrected chi connectivity index (χ1v) is 8.39. The molecule has 66 valence electrons. The van der Waals surface area contributed by atoms with Crippen molar-refractivity contribution in [2.45, 2.75) is 57.5 Å². The number of hydrogen-bond acceptors (Lipinski definition) is 1. The Morgan fingerprint density at radius 2 is 1.91 bits per heavy atom. The fourth-order valence-electron chi connectivity index (χ4n) is 1.70. The van der Waals surface area contributed by atoms with E-state index in [9.17, 15) is 0 Å². The summed E-state index contributed by atoms with van der Waals surface area (Å²) in [6.07, 6.45) is 4.15. The average Bonchev–Trinajstić information content (AvgIpc) is 2.60. The second-order valence-electron chi connectivity index (χ2n) is 4.76. The molecule has 2 heteroatoms. The lowest BCUT2D eigenvalue weighted by Gasteiger charge is -2.13. The maximum absolute atomic E-state index is 3.61. The van der Waals surface area contributed by atoms with Gasteiger partial charge < -0.3 is 5.32 Å². The Kier molecular flexibility index (Phi) is 2.76. The lowest BCUT2D eigenvalue weighted by atomic mass is 10.2. The lowest BCUT2D eigenvalue weighted by molar-refractivity contribution is 0.703. The predicted molar refractivity (Wildman–Crippen MR) is 53.6 cm³/mol. The molecule has 1 nitrogen and oxygen atoms in total. The molecule has 1 N–H and O–H groups in total. The van der Waals surface area contributed by atoms with Crippen molar-refractivity contribution in [1.29, 1.82) is 0 Å². The van der Waals surface area contributed by atoms with Crippen LogP contribution in [0.15, 0.2) is 0 Å². The standard InChI is InChI=1S/C9H21NSi/c1-5-6-7-8-9(10-8)11(2,3)4/h8-10H,5-7H2,1-4H3/t8-,9-/m0/s1. The van der Waals surface area contributed by atoms with Crippen LogP contribution in [0.4, 0.5) is 0 Å². The van der Waals surface area contributed by atoms with Crippen LogP contribution >= 0.6 is 0 Å². The maximum atomic E-state index is 3.61. The monoisotopic (exact) mass is 171 g/mol. The second-order valence-corrected chi connectivity index (χ2v) is 10.1. The summed E-state index contributed by atoms with van der Waals surface area (Å²) in [5.74, 6) is 0. The molecule has 0 unspecified atom stereocenters. The van der Waals surface area contributed by atoms with Crippen molar-refractivity contribution in [2.24, 2.45) is 0 Å². The average molecular weight is 171 g/mol. The van der Waals surface area contributed by atoms with Crippen molar-refractivity contribution < 1.29 is 0 Å². The molecule has 2 atom stereocenters. The fraction of sp³-hybridized carbons (Fsp3) is 1.00. The van der Waals surface area contributed by atoms with Gasteiger partial charge in [-0.15, -0.1) is 0 Å². The molecule has 0 aromatic rings. The summed E-state index contributed by atoms with van der Waals surface area (Å²) in [5.41, 5.74) is 0.925. The Balaban J connectivity index is 2.16. The van der Waals surface area contributed by atoms with Crippen LogP contribution in [-0.2, 0) is 0 Å². The van der Waals surface area contributed by atoms with E-state index in [4.69, 9.17) is 0 Å². The van der Waals surface area contributed by atoms with Gasteiger partial charge in [0.2, 0.25) is 0 Å². The van der Waals surface area contributed by atoms with E-state index in [1.165, 1.54) is 19.3 Å². The fourth-order valence-corrected chi connectivity index (χ4v) is 3.79. The Labute approximate surface area is 71.6 Å². The van der Waals surface area contributed by atoms with Crippen LogP contribution in [0.1, 0.15) is 26.2 Å². The van der Waals surface area contributed by atoms with Gasteiger partial charge in [0.15, 0.2) is 0 Å². The normalized spacial score (nSPS) is 30.5. The largest absolute Gasteiger partial charge is 0.311 e. The summed E-state index contributed by atoms with van der Waals surface area (Å²) in [7, 11) is -0.848. The smallest absolute Gasteiger partial charge is 0.0655 e. The minimum absolute atomic E-state index is 0.848. The number of unbranched alkanes of at least 4 members (excludes halogenated alkanes) is 1. The molecule has 1 aliphatic heterocycles. The van der Waals surface area contributed by atoms with E-state index in [0.29, 0.717) is 0 Å². The molecule has 1 fully saturated rings. The van der Waals surface area contributed by atoms with Crippen LogP contribution in [0.2, 0.25) is 19.6 Å². The third-order valence-corrected chi connectivity index (χ3v) is 4.92. The van der Waals surface area contributed by atoms with Crippen molar-refractivity contribution in [2.75, 3.05) is 0 Å². The molecule has 1 heterocycles. The van der Waals surface area contributed by atoms with Crippen LogP contribution < -0.4 is 5.32 Å². The van der Waals surface area contributed by atoms with E-state index >= 15 is 0 Å². The molecule has 11 heavy (non-hydrogen) atoms. The van der Waals surface area contributed by atoms with E-state index in [1.54, 1.807) is 0 Å². The zero-order chi connectivity index (χ0) is 8.48. The molecule has 0 spiro atoms. The summed E-state index contributed by atoms with van der Waals surface area (Å²) in [6.45, 7) is 9.63. The van der Waals surface area contributed by atoms with Gasteiger partial charge in [-0.2, -0.15) is 0 Å². The van der Waals surface area contributed by atoms with Crippen LogP contribution in [-0.4, -0.2) is 19.8 Å². The van der Waals surface area contributed by atoms with Crippen LogP contribution in [0, 0.1) is 0 Å². The molecule has 1 rings (SSSR count). The topological polar surface area (TPSA) is 21.9 Å². The third-order valence-electron chi connectivity index (χ3n) is 2.49. The van der Waals surface area contributed by atoms with Crippen LogP contribution in [0.25, 0.3) is 0 Å². The zero-order valence-electron chi connectivity index (χ0n) is 8.28. The quantitative estimate of drug-likeness (QED) is 0.509. The van der Waals surface area contributed by atoms with Gasteiger partial charge in [0.05, 0.1) is 8.07 Å². The third kappa shape index (κ3) is 2.60. The van der Waals surface area contributed by atoms with Crippen molar-refractivity contribution in [3.8, 4) is 0 Å². The minimum atomic E-state index is -0.848. The van der Waals surface area contributed by atoms with Gasteiger partial charge >= 0.3 is 0 Å².